The molecule has 0 aromatic heterocycles. The van der Waals surface area contributed by atoms with Gasteiger partial charge in [0.05, 0.1) is 6.10 Å². The number of benzene rings is 1. The molecule has 1 nitrogen and oxygen atoms in total. The van der Waals surface area contributed by atoms with Crippen LogP contribution in [-0.4, -0.2) is 10.9 Å². The summed E-state index contributed by atoms with van der Waals surface area (Å²) < 4.78 is 0. The average Bonchev–Trinajstić information content (AvgIpc) is 2.20. The number of aliphatic hydroxyl groups is 1. The Hall–Kier alpha value is -0.470. The first-order valence-corrected chi connectivity index (χ1v) is 6.17. The predicted molar refractivity (Wildman–Crippen MR) is 62.7 cm³/mol. The van der Waals surface area contributed by atoms with Crippen molar-refractivity contribution in [3.63, 3.8) is 0 Å². The third-order valence-electron chi connectivity index (χ3n) is 2.14. The van der Waals surface area contributed by atoms with Crippen molar-refractivity contribution in [3.8, 4) is 0 Å². The minimum atomic E-state index is -0.291. The highest BCUT2D eigenvalue weighted by atomic mass is 32.2. The lowest BCUT2D eigenvalue weighted by Gasteiger charge is -2.09. The SMILES string of the molecule is CCCC(O)c1ccc(SCC)cc1. The van der Waals surface area contributed by atoms with Crippen molar-refractivity contribution in [3.05, 3.63) is 29.8 Å². The first-order chi connectivity index (χ1) is 6.77. The van der Waals surface area contributed by atoms with Crippen molar-refractivity contribution in [2.24, 2.45) is 0 Å². The van der Waals surface area contributed by atoms with E-state index in [4.69, 9.17) is 0 Å². The van der Waals surface area contributed by atoms with Crippen molar-refractivity contribution >= 4 is 11.8 Å². The van der Waals surface area contributed by atoms with Crippen molar-refractivity contribution in [1.29, 1.82) is 0 Å². The number of hydrogen-bond acceptors (Lipinski definition) is 2. The van der Waals surface area contributed by atoms with E-state index in [-0.39, 0.29) is 6.10 Å². The summed E-state index contributed by atoms with van der Waals surface area (Å²) in [4.78, 5) is 1.28. The molecule has 0 radical (unpaired) electrons. The highest BCUT2D eigenvalue weighted by Crippen LogP contribution is 2.22. The third kappa shape index (κ3) is 3.35. The fourth-order valence-corrected chi connectivity index (χ4v) is 2.05. The van der Waals surface area contributed by atoms with Gasteiger partial charge in [-0.05, 0) is 29.9 Å². The maximum absolute atomic E-state index is 9.73. The van der Waals surface area contributed by atoms with Crippen LogP contribution in [0.1, 0.15) is 38.4 Å². The van der Waals surface area contributed by atoms with Gasteiger partial charge in [-0.1, -0.05) is 32.4 Å². The first kappa shape index (κ1) is 11.6. The van der Waals surface area contributed by atoms with E-state index < -0.39 is 0 Å². The Bertz CT molecular complexity index is 256. The molecule has 14 heavy (non-hydrogen) atoms. The maximum atomic E-state index is 9.73. The second kappa shape index (κ2) is 6.10. The van der Waals surface area contributed by atoms with Crippen LogP contribution in [0.25, 0.3) is 0 Å². The van der Waals surface area contributed by atoms with Gasteiger partial charge in [0, 0.05) is 4.90 Å². The fourth-order valence-electron chi connectivity index (χ4n) is 1.39. The van der Waals surface area contributed by atoms with Gasteiger partial charge in [-0.25, -0.2) is 0 Å². The van der Waals surface area contributed by atoms with E-state index >= 15 is 0 Å². The Morgan fingerprint density at radius 2 is 1.86 bits per heavy atom. The van der Waals surface area contributed by atoms with Gasteiger partial charge in [0.25, 0.3) is 0 Å². The van der Waals surface area contributed by atoms with Crippen LogP contribution >= 0.6 is 11.8 Å². The molecule has 1 N–H and O–H groups in total. The minimum Gasteiger partial charge on any atom is -0.388 e. The summed E-state index contributed by atoms with van der Waals surface area (Å²) in [6, 6.07) is 8.22. The van der Waals surface area contributed by atoms with E-state index in [0.717, 1.165) is 24.2 Å². The molecule has 0 aliphatic heterocycles. The zero-order valence-corrected chi connectivity index (χ0v) is 9.68. The van der Waals surface area contributed by atoms with Crippen molar-refractivity contribution in [2.75, 3.05) is 5.75 Å². The summed E-state index contributed by atoms with van der Waals surface area (Å²) in [5.41, 5.74) is 1.03. The van der Waals surface area contributed by atoms with Gasteiger partial charge in [0.2, 0.25) is 0 Å². The molecule has 1 atom stereocenters. The van der Waals surface area contributed by atoms with E-state index in [1.807, 2.05) is 23.9 Å². The van der Waals surface area contributed by atoms with Gasteiger partial charge in [0.15, 0.2) is 0 Å². The number of hydrogen-bond donors (Lipinski definition) is 1. The zero-order chi connectivity index (χ0) is 10.4. The lowest BCUT2D eigenvalue weighted by molar-refractivity contribution is 0.166. The van der Waals surface area contributed by atoms with Gasteiger partial charge in [-0.15, -0.1) is 11.8 Å². The van der Waals surface area contributed by atoms with Crippen LogP contribution in [0.4, 0.5) is 0 Å². The summed E-state index contributed by atoms with van der Waals surface area (Å²) in [5, 5.41) is 9.73. The van der Waals surface area contributed by atoms with Gasteiger partial charge in [0.1, 0.15) is 0 Å². The normalized spacial score (nSPS) is 12.8. The molecule has 0 aliphatic rings. The monoisotopic (exact) mass is 210 g/mol. The molecule has 0 saturated carbocycles. The largest absolute Gasteiger partial charge is 0.388 e. The van der Waals surface area contributed by atoms with Crippen molar-refractivity contribution in [2.45, 2.75) is 37.7 Å². The smallest absolute Gasteiger partial charge is 0.0790 e. The Morgan fingerprint density at radius 3 is 2.36 bits per heavy atom. The summed E-state index contributed by atoms with van der Waals surface area (Å²) in [7, 11) is 0. The Kier molecular flexibility index (Phi) is 5.05. The molecule has 0 amide bonds. The Labute approximate surface area is 90.5 Å². The van der Waals surface area contributed by atoms with Gasteiger partial charge in [-0.3, -0.25) is 0 Å². The van der Waals surface area contributed by atoms with Crippen LogP contribution in [0.2, 0.25) is 0 Å². The van der Waals surface area contributed by atoms with Crippen LogP contribution < -0.4 is 0 Å². The standard InChI is InChI=1S/C12H18OS/c1-3-5-12(13)10-6-8-11(9-7-10)14-4-2/h6-9,12-13H,3-5H2,1-2H3. The zero-order valence-electron chi connectivity index (χ0n) is 8.86. The molecule has 1 aromatic carbocycles. The second-order valence-electron chi connectivity index (χ2n) is 3.31. The summed E-state index contributed by atoms with van der Waals surface area (Å²) >= 11 is 1.83. The topological polar surface area (TPSA) is 20.2 Å². The molecular weight excluding hydrogens is 192 g/mol. The molecule has 1 rings (SSSR count). The molecular formula is C12H18OS. The van der Waals surface area contributed by atoms with Crippen LogP contribution in [-0.2, 0) is 0 Å². The number of aliphatic hydroxyl groups excluding tert-OH is 1. The Morgan fingerprint density at radius 1 is 1.21 bits per heavy atom. The maximum Gasteiger partial charge on any atom is 0.0790 e. The van der Waals surface area contributed by atoms with Gasteiger partial charge >= 0.3 is 0 Å². The van der Waals surface area contributed by atoms with E-state index in [0.29, 0.717) is 0 Å². The summed E-state index contributed by atoms with van der Waals surface area (Å²) in [5.74, 6) is 1.09. The lowest BCUT2D eigenvalue weighted by Crippen LogP contribution is -1.95. The van der Waals surface area contributed by atoms with Gasteiger partial charge < -0.3 is 5.11 Å². The van der Waals surface area contributed by atoms with Crippen LogP contribution in [0, 0.1) is 0 Å². The molecule has 1 unspecified atom stereocenters. The highest BCUT2D eigenvalue weighted by Gasteiger charge is 2.05. The van der Waals surface area contributed by atoms with Crippen LogP contribution in [0.5, 0.6) is 0 Å². The molecule has 78 valence electrons. The van der Waals surface area contributed by atoms with Crippen LogP contribution in [0.3, 0.4) is 0 Å². The third-order valence-corrected chi connectivity index (χ3v) is 3.03. The first-order valence-electron chi connectivity index (χ1n) is 5.18. The van der Waals surface area contributed by atoms with E-state index in [1.54, 1.807) is 0 Å². The summed E-state index contributed by atoms with van der Waals surface area (Å²) in [6.07, 6.45) is 1.58. The molecule has 0 bridgehead atoms. The second-order valence-corrected chi connectivity index (χ2v) is 4.64. The van der Waals surface area contributed by atoms with E-state index in [9.17, 15) is 5.11 Å². The highest BCUT2D eigenvalue weighted by molar-refractivity contribution is 7.99. The molecule has 0 heterocycles. The molecule has 0 aliphatic carbocycles. The molecule has 1 aromatic rings. The number of thioether (sulfide) groups is 1. The summed E-state index contributed by atoms with van der Waals surface area (Å²) in [6.45, 7) is 4.23. The molecule has 2 heteroatoms. The van der Waals surface area contributed by atoms with Gasteiger partial charge in [-0.2, -0.15) is 0 Å². The predicted octanol–water partition coefficient (Wildman–Crippen LogP) is 3.63. The lowest BCUT2D eigenvalue weighted by atomic mass is 10.1. The average molecular weight is 210 g/mol. The fraction of sp³-hybridized carbons (Fsp3) is 0.500. The van der Waals surface area contributed by atoms with Crippen molar-refractivity contribution < 1.29 is 5.11 Å². The van der Waals surface area contributed by atoms with Crippen LogP contribution in [0.15, 0.2) is 29.2 Å². The Balaban J connectivity index is 2.62. The molecule has 0 saturated heterocycles. The van der Waals surface area contributed by atoms with E-state index in [2.05, 4.69) is 26.0 Å². The molecule has 0 spiro atoms. The number of rotatable bonds is 5. The molecule has 0 fully saturated rings. The quantitative estimate of drug-likeness (QED) is 0.749. The van der Waals surface area contributed by atoms with Crippen molar-refractivity contribution in [1.82, 2.24) is 0 Å². The minimum absolute atomic E-state index is 0.291. The van der Waals surface area contributed by atoms with E-state index in [1.165, 1.54) is 4.90 Å².